The van der Waals surface area contributed by atoms with Gasteiger partial charge in [0.15, 0.2) is 5.41 Å². The third-order valence-corrected chi connectivity index (χ3v) is 2.25. The van der Waals surface area contributed by atoms with E-state index in [2.05, 4.69) is 0 Å². The van der Waals surface area contributed by atoms with Crippen molar-refractivity contribution in [2.75, 3.05) is 0 Å². The van der Waals surface area contributed by atoms with Crippen LogP contribution in [0.2, 0.25) is 0 Å². The standard InChI is InChI=1S/C11H9FN2/c1-2-11(7-13,8-14)9-3-5-10(12)6-4-9/h3-6H,2H2,1H3. The first-order valence-corrected chi connectivity index (χ1v) is 4.27. The molecule has 0 bridgehead atoms. The summed E-state index contributed by atoms with van der Waals surface area (Å²) in [5.41, 5.74) is -0.598. The van der Waals surface area contributed by atoms with E-state index >= 15 is 0 Å². The monoisotopic (exact) mass is 188 g/mol. The number of rotatable bonds is 2. The number of benzene rings is 1. The Hall–Kier alpha value is -1.87. The molecule has 14 heavy (non-hydrogen) atoms. The van der Waals surface area contributed by atoms with Crippen LogP contribution >= 0.6 is 0 Å². The zero-order chi connectivity index (χ0) is 10.6. The molecule has 0 aliphatic carbocycles. The number of hydrogen-bond donors (Lipinski definition) is 0. The molecule has 0 unspecified atom stereocenters. The van der Waals surface area contributed by atoms with Gasteiger partial charge in [0.25, 0.3) is 0 Å². The van der Waals surface area contributed by atoms with Gasteiger partial charge >= 0.3 is 0 Å². The summed E-state index contributed by atoms with van der Waals surface area (Å²) in [6.45, 7) is 1.76. The largest absolute Gasteiger partial charge is 0.207 e. The number of halogens is 1. The first-order chi connectivity index (χ1) is 6.68. The molecule has 0 amide bonds. The van der Waals surface area contributed by atoms with Crippen molar-refractivity contribution in [3.05, 3.63) is 35.6 Å². The maximum Gasteiger partial charge on any atom is 0.168 e. The van der Waals surface area contributed by atoms with Gasteiger partial charge in [0.2, 0.25) is 0 Å². The van der Waals surface area contributed by atoms with Crippen LogP contribution in [0, 0.1) is 28.5 Å². The molecule has 0 aliphatic rings. The van der Waals surface area contributed by atoms with Crippen molar-refractivity contribution in [1.29, 1.82) is 10.5 Å². The summed E-state index contributed by atoms with van der Waals surface area (Å²) in [6.07, 6.45) is 0.394. The molecule has 70 valence electrons. The molecule has 1 aromatic carbocycles. The summed E-state index contributed by atoms with van der Waals surface area (Å²) in [5.74, 6) is -0.366. The quantitative estimate of drug-likeness (QED) is 0.715. The summed E-state index contributed by atoms with van der Waals surface area (Å²) in [6, 6.07) is 9.41. The molecule has 3 heteroatoms. The minimum absolute atomic E-state index is 0.366. The predicted molar refractivity (Wildman–Crippen MR) is 49.6 cm³/mol. The molecule has 0 saturated heterocycles. The fraction of sp³-hybridized carbons (Fsp3) is 0.273. The van der Waals surface area contributed by atoms with Crippen LogP contribution in [0.5, 0.6) is 0 Å². The minimum Gasteiger partial charge on any atom is -0.207 e. The van der Waals surface area contributed by atoms with E-state index in [1.165, 1.54) is 24.3 Å². The Morgan fingerprint density at radius 3 is 2.07 bits per heavy atom. The Kier molecular flexibility index (Phi) is 2.84. The maximum atomic E-state index is 12.6. The van der Waals surface area contributed by atoms with Crippen LogP contribution in [-0.2, 0) is 5.41 Å². The highest BCUT2D eigenvalue weighted by molar-refractivity contribution is 5.39. The molecule has 0 atom stereocenters. The summed E-state index contributed by atoms with van der Waals surface area (Å²) < 4.78 is 12.6. The van der Waals surface area contributed by atoms with E-state index in [1.807, 2.05) is 12.1 Å². The SMILES string of the molecule is CCC(C#N)(C#N)c1ccc(F)cc1. The Labute approximate surface area is 82.2 Å². The van der Waals surface area contributed by atoms with Gasteiger partial charge < -0.3 is 0 Å². The molecule has 0 fully saturated rings. The van der Waals surface area contributed by atoms with Crippen molar-refractivity contribution in [1.82, 2.24) is 0 Å². The summed E-state index contributed by atoms with van der Waals surface area (Å²) in [7, 11) is 0. The average Bonchev–Trinajstić information content (AvgIpc) is 2.24. The Morgan fingerprint density at radius 1 is 1.21 bits per heavy atom. The van der Waals surface area contributed by atoms with Gasteiger partial charge in [-0.15, -0.1) is 0 Å². The van der Waals surface area contributed by atoms with Crippen molar-refractivity contribution in [3.8, 4) is 12.1 Å². The average molecular weight is 188 g/mol. The molecule has 0 saturated carbocycles. The molecule has 0 spiro atoms. The molecule has 0 N–H and O–H groups in total. The van der Waals surface area contributed by atoms with E-state index in [1.54, 1.807) is 6.92 Å². The highest BCUT2D eigenvalue weighted by atomic mass is 19.1. The van der Waals surface area contributed by atoms with E-state index in [9.17, 15) is 4.39 Å². The van der Waals surface area contributed by atoms with Gasteiger partial charge in [-0.2, -0.15) is 10.5 Å². The van der Waals surface area contributed by atoms with Crippen LogP contribution in [0.15, 0.2) is 24.3 Å². The number of nitrogens with zero attached hydrogens (tertiary/aromatic N) is 2. The van der Waals surface area contributed by atoms with Gasteiger partial charge in [-0.1, -0.05) is 19.1 Å². The maximum absolute atomic E-state index is 12.6. The third-order valence-electron chi connectivity index (χ3n) is 2.25. The lowest BCUT2D eigenvalue weighted by Gasteiger charge is -2.16. The van der Waals surface area contributed by atoms with Gasteiger partial charge in [-0.3, -0.25) is 0 Å². The lowest BCUT2D eigenvalue weighted by molar-refractivity contribution is 0.621. The highest BCUT2D eigenvalue weighted by Crippen LogP contribution is 2.26. The second-order valence-corrected chi connectivity index (χ2v) is 2.99. The van der Waals surface area contributed by atoms with Crippen LogP contribution in [0.25, 0.3) is 0 Å². The van der Waals surface area contributed by atoms with E-state index in [4.69, 9.17) is 10.5 Å². The Balaban J connectivity index is 3.22. The topological polar surface area (TPSA) is 47.6 Å². The number of nitriles is 2. The summed E-state index contributed by atoms with van der Waals surface area (Å²) in [4.78, 5) is 0. The van der Waals surface area contributed by atoms with Crippen LogP contribution in [0.4, 0.5) is 4.39 Å². The van der Waals surface area contributed by atoms with Crippen LogP contribution in [0.3, 0.4) is 0 Å². The Bertz CT molecular complexity index is 381. The van der Waals surface area contributed by atoms with Crippen molar-refractivity contribution in [3.63, 3.8) is 0 Å². The van der Waals surface area contributed by atoms with Gasteiger partial charge in [-0.25, -0.2) is 4.39 Å². The van der Waals surface area contributed by atoms with Crippen LogP contribution in [-0.4, -0.2) is 0 Å². The summed E-state index contributed by atoms with van der Waals surface area (Å²) >= 11 is 0. The zero-order valence-electron chi connectivity index (χ0n) is 7.79. The van der Waals surface area contributed by atoms with E-state index < -0.39 is 5.41 Å². The first kappa shape index (κ1) is 10.2. The lowest BCUT2D eigenvalue weighted by Crippen LogP contribution is -2.20. The lowest BCUT2D eigenvalue weighted by atomic mass is 9.81. The van der Waals surface area contributed by atoms with E-state index in [-0.39, 0.29) is 5.82 Å². The zero-order valence-corrected chi connectivity index (χ0v) is 7.79. The normalized spacial score (nSPS) is 10.3. The first-order valence-electron chi connectivity index (χ1n) is 4.27. The van der Waals surface area contributed by atoms with Gasteiger partial charge in [0, 0.05) is 0 Å². The number of hydrogen-bond acceptors (Lipinski definition) is 2. The molecule has 0 aromatic heterocycles. The van der Waals surface area contributed by atoms with E-state index in [0.717, 1.165) is 0 Å². The predicted octanol–water partition coefficient (Wildman–Crippen LogP) is 2.52. The smallest absolute Gasteiger partial charge is 0.168 e. The van der Waals surface area contributed by atoms with Crippen molar-refractivity contribution >= 4 is 0 Å². The molecular formula is C11H9FN2. The molecular weight excluding hydrogens is 179 g/mol. The molecule has 0 heterocycles. The fourth-order valence-electron chi connectivity index (χ4n) is 1.25. The van der Waals surface area contributed by atoms with Crippen molar-refractivity contribution in [2.24, 2.45) is 0 Å². The molecule has 0 radical (unpaired) electrons. The molecule has 1 rings (SSSR count). The highest BCUT2D eigenvalue weighted by Gasteiger charge is 2.29. The van der Waals surface area contributed by atoms with Crippen molar-refractivity contribution < 1.29 is 4.39 Å². The van der Waals surface area contributed by atoms with Gasteiger partial charge in [-0.05, 0) is 24.1 Å². The van der Waals surface area contributed by atoms with Crippen molar-refractivity contribution in [2.45, 2.75) is 18.8 Å². The molecule has 1 aromatic rings. The van der Waals surface area contributed by atoms with Crippen LogP contribution < -0.4 is 0 Å². The Morgan fingerprint density at radius 2 is 1.71 bits per heavy atom. The van der Waals surface area contributed by atoms with E-state index in [0.29, 0.717) is 12.0 Å². The summed E-state index contributed by atoms with van der Waals surface area (Å²) in [5, 5.41) is 17.9. The van der Waals surface area contributed by atoms with Gasteiger partial charge in [0.1, 0.15) is 5.82 Å². The fourth-order valence-corrected chi connectivity index (χ4v) is 1.25. The van der Waals surface area contributed by atoms with Crippen LogP contribution in [0.1, 0.15) is 18.9 Å². The third kappa shape index (κ3) is 1.58. The minimum atomic E-state index is -1.15. The second kappa shape index (κ2) is 3.89. The van der Waals surface area contributed by atoms with Gasteiger partial charge in [0.05, 0.1) is 12.1 Å². The second-order valence-electron chi connectivity index (χ2n) is 2.99. The molecule has 0 aliphatic heterocycles. The molecule has 2 nitrogen and oxygen atoms in total.